The number of unbranched alkanes of at least 4 members (excludes halogenated alkanes) is 2. The summed E-state index contributed by atoms with van der Waals surface area (Å²) in [6, 6.07) is 3.97. The quantitative estimate of drug-likeness (QED) is 0.104. The summed E-state index contributed by atoms with van der Waals surface area (Å²) < 4.78 is 32.5. The van der Waals surface area contributed by atoms with Crippen molar-refractivity contribution >= 4 is 12.3 Å². The van der Waals surface area contributed by atoms with Gasteiger partial charge in [0.1, 0.15) is 11.5 Å². The van der Waals surface area contributed by atoms with E-state index in [9.17, 15) is 9.59 Å². The zero-order valence-electron chi connectivity index (χ0n) is 23.8. The maximum absolute atomic E-state index is 12.0. The van der Waals surface area contributed by atoms with E-state index in [0.29, 0.717) is 11.5 Å². The molecule has 0 heterocycles. The summed E-state index contributed by atoms with van der Waals surface area (Å²) in [6.07, 6.45) is 5.63. The summed E-state index contributed by atoms with van der Waals surface area (Å²) in [7, 11) is 0. The molecule has 1 aliphatic rings. The average Bonchev–Trinajstić information content (AvgIpc) is 2.84. The average molecular weight is 533 g/mol. The zero-order valence-corrected chi connectivity index (χ0v) is 23.8. The minimum absolute atomic E-state index is 0.0895. The predicted octanol–water partition coefficient (Wildman–Crippen LogP) is 7.84. The van der Waals surface area contributed by atoms with Crippen molar-refractivity contribution in [2.75, 3.05) is 20.0 Å². The van der Waals surface area contributed by atoms with Gasteiger partial charge in [0.15, 0.2) is 0 Å². The maximum atomic E-state index is 12.0. The van der Waals surface area contributed by atoms with E-state index in [0.717, 1.165) is 55.2 Å². The van der Waals surface area contributed by atoms with Crippen molar-refractivity contribution in [3.05, 3.63) is 47.1 Å². The van der Waals surface area contributed by atoms with Crippen LogP contribution in [0.2, 0.25) is 0 Å². The van der Waals surface area contributed by atoms with Crippen molar-refractivity contribution in [1.82, 2.24) is 0 Å². The van der Waals surface area contributed by atoms with Gasteiger partial charge in [0.2, 0.25) is 13.1 Å². The van der Waals surface area contributed by atoms with Gasteiger partial charge < -0.3 is 28.4 Å². The van der Waals surface area contributed by atoms with E-state index in [-0.39, 0.29) is 31.8 Å². The predicted molar refractivity (Wildman–Crippen MR) is 146 cm³/mol. The minimum Gasteiger partial charge on any atom is -0.457 e. The molecule has 1 aromatic carbocycles. The molecule has 0 aromatic heterocycles. The molecule has 0 saturated heterocycles. The smallest absolute Gasteiger partial charge is 0.457 e. The lowest BCUT2D eigenvalue weighted by Crippen LogP contribution is -2.24. The van der Waals surface area contributed by atoms with Crippen LogP contribution in [0.5, 0.6) is 11.5 Å². The Morgan fingerprint density at radius 1 is 1.03 bits per heavy atom. The highest BCUT2D eigenvalue weighted by Crippen LogP contribution is 2.47. The van der Waals surface area contributed by atoms with E-state index in [2.05, 4.69) is 26.5 Å². The summed E-state index contributed by atoms with van der Waals surface area (Å²) in [5, 5.41) is 0. The Kier molecular flexibility index (Phi) is 13.0. The molecular weight excluding hydrogens is 488 g/mol. The van der Waals surface area contributed by atoms with E-state index in [1.54, 1.807) is 20.8 Å². The Bertz CT molecular complexity index is 967. The molecule has 0 fully saturated rings. The Morgan fingerprint density at radius 3 is 2.37 bits per heavy atom. The van der Waals surface area contributed by atoms with Gasteiger partial charge in [0.05, 0.1) is 13.2 Å². The Labute approximate surface area is 227 Å². The first-order chi connectivity index (χ1) is 18.2. The Hall–Kier alpha value is -3.16. The van der Waals surface area contributed by atoms with Gasteiger partial charge in [0, 0.05) is 18.4 Å². The van der Waals surface area contributed by atoms with E-state index < -0.39 is 18.6 Å². The molecule has 0 saturated carbocycles. The van der Waals surface area contributed by atoms with Crippen molar-refractivity contribution in [1.29, 1.82) is 0 Å². The third-order valence-corrected chi connectivity index (χ3v) is 6.42. The molecule has 0 N–H and O–H groups in total. The first-order valence-electron chi connectivity index (χ1n) is 13.6. The number of carbonyl (C=O) groups is 2. The van der Waals surface area contributed by atoms with E-state index >= 15 is 0 Å². The molecule has 1 aliphatic carbocycles. The van der Waals surface area contributed by atoms with Gasteiger partial charge in [0.25, 0.3) is 0 Å². The molecule has 3 atom stereocenters. The zero-order chi connectivity index (χ0) is 28.1. The SMILES string of the molecule is C=C(C)C1CCC(C)=CC1c1c(OCOC(=O)OCC)cc(CCCCC)cc1OC(C)OC(=O)OCC. The highest BCUT2D eigenvalue weighted by Gasteiger charge is 2.32. The molecule has 0 radical (unpaired) electrons. The summed E-state index contributed by atoms with van der Waals surface area (Å²) in [6.45, 7) is 15.7. The highest BCUT2D eigenvalue weighted by molar-refractivity contribution is 5.60. The van der Waals surface area contributed by atoms with Crippen LogP contribution in [0.15, 0.2) is 35.9 Å². The first kappa shape index (κ1) is 31.1. The summed E-state index contributed by atoms with van der Waals surface area (Å²) in [5.74, 6) is 1.16. The van der Waals surface area contributed by atoms with Gasteiger partial charge in [-0.1, -0.05) is 43.6 Å². The molecular formula is C30H44O8. The molecule has 0 spiro atoms. The largest absolute Gasteiger partial charge is 0.511 e. The van der Waals surface area contributed by atoms with Crippen LogP contribution in [-0.2, 0) is 25.4 Å². The van der Waals surface area contributed by atoms with Crippen LogP contribution in [0.4, 0.5) is 9.59 Å². The lowest BCUT2D eigenvalue weighted by molar-refractivity contribution is -0.0525. The lowest BCUT2D eigenvalue weighted by atomic mass is 9.73. The number of benzene rings is 1. The fourth-order valence-corrected chi connectivity index (χ4v) is 4.62. The standard InChI is InChI=1S/C30H44O8/c1-8-11-12-13-23-17-26(35-19-36-29(31)33-9-2)28(25-16-21(6)14-15-24(25)20(4)5)27(18-23)37-22(7)38-30(32)34-10-3/h16-18,22,24-25H,4,8-15,19H2,1-3,5-7H3. The number of carbonyl (C=O) groups excluding carboxylic acids is 2. The second-order valence-corrected chi connectivity index (χ2v) is 9.57. The summed E-state index contributed by atoms with van der Waals surface area (Å²) >= 11 is 0. The Morgan fingerprint density at radius 2 is 1.71 bits per heavy atom. The second kappa shape index (κ2) is 15.9. The molecule has 0 aliphatic heterocycles. The van der Waals surface area contributed by atoms with Crippen LogP contribution in [0, 0.1) is 5.92 Å². The second-order valence-electron chi connectivity index (χ2n) is 9.57. The van der Waals surface area contributed by atoms with Gasteiger partial charge in [-0.3, -0.25) is 0 Å². The number of hydrogen-bond acceptors (Lipinski definition) is 8. The maximum Gasteiger partial charge on any atom is 0.511 e. The number of rotatable bonds is 14. The van der Waals surface area contributed by atoms with Crippen LogP contribution in [0.3, 0.4) is 0 Å². The van der Waals surface area contributed by atoms with Crippen LogP contribution in [0.1, 0.15) is 90.7 Å². The molecule has 0 bridgehead atoms. The number of ether oxygens (including phenoxy) is 6. The van der Waals surface area contributed by atoms with Crippen LogP contribution < -0.4 is 9.47 Å². The van der Waals surface area contributed by atoms with Gasteiger partial charge in [-0.15, -0.1) is 0 Å². The monoisotopic (exact) mass is 532 g/mol. The number of hydrogen-bond donors (Lipinski definition) is 0. The fraction of sp³-hybridized carbons (Fsp3) is 0.600. The van der Waals surface area contributed by atoms with Crippen molar-refractivity contribution in [2.45, 2.75) is 92.3 Å². The van der Waals surface area contributed by atoms with E-state index in [4.69, 9.17) is 28.4 Å². The summed E-state index contributed by atoms with van der Waals surface area (Å²) in [4.78, 5) is 23.7. The van der Waals surface area contributed by atoms with Crippen molar-refractivity contribution in [3.63, 3.8) is 0 Å². The molecule has 38 heavy (non-hydrogen) atoms. The van der Waals surface area contributed by atoms with Gasteiger partial charge in [-0.2, -0.15) is 0 Å². The number of allylic oxidation sites excluding steroid dienone is 3. The molecule has 0 amide bonds. The molecule has 3 unspecified atom stereocenters. The first-order valence-corrected chi connectivity index (χ1v) is 13.6. The van der Waals surface area contributed by atoms with Crippen molar-refractivity contribution in [2.24, 2.45) is 5.92 Å². The highest BCUT2D eigenvalue weighted by atomic mass is 16.8. The fourth-order valence-electron chi connectivity index (χ4n) is 4.62. The molecule has 8 nitrogen and oxygen atoms in total. The lowest BCUT2D eigenvalue weighted by Gasteiger charge is -2.33. The molecule has 212 valence electrons. The van der Waals surface area contributed by atoms with Crippen molar-refractivity contribution in [3.8, 4) is 11.5 Å². The third kappa shape index (κ3) is 9.62. The van der Waals surface area contributed by atoms with E-state index in [1.807, 2.05) is 19.1 Å². The van der Waals surface area contributed by atoms with Crippen LogP contribution in [0.25, 0.3) is 0 Å². The van der Waals surface area contributed by atoms with Crippen LogP contribution >= 0.6 is 0 Å². The molecule has 8 heteroatoms. The van der Waals surface area contributed by atoms with Gasteiger partial charge in [-0.05, 0) is 77.0 Å². The van der Waals surface area contributed by atoms with Crippen LogP contribution in [-0.4, -0.2) is 38.6 Å². The number of aryl methyl sites for hydroxylation is 1. The van der Waals surface area contributed by atoms with Crippen molar-refractivity contribution < 1.29 is 38.0 Å². The topological polar surface area (TPSA) is 89.5 Å². The van der Waals surface area contributed by atoms with E-state index in [1.165, 1.54) is 5.57 Å². The van der Waals surface area contributed by atoms with Gasteiger partial charge >= 0.3 is 12.3 Å². The Balaban J connectivity index is 2.56. The van der Waals surface area contributed by atoms with Gasteiger partial charge in [-0.25, -0.2) is 9.59 Å². The minimum atomic E-state index is -0.903. The third-order valence-electron chi connectivity index (χ3n) is 6.42. The summed E-state index contributed by atoms with van der Waals surface area (Å²) in [5.41, 5.74) is 4.12. The molecule has 2 rings (SSSR count). The molecule has 1 aromatic rings. The normalized spacial score (nSPS) is 17.6.